The molecule has 1 N–H and O–H groups in total. The summed E-state index contributed by atoms with van der Waals surface area (Å²) >= 11 is 5.44. The normalized spacial score (nSPS) is 11.8. The van der Waals surface area contributed by atoms with Gasteiger partial charge in [-0.25, -0.2) is 13.1 Å². The van der Waals surface area contributed by atoms with E-state index < -0.39 is 10.0 Å². The summed E-state index contributed by atoms with van der Waals surface area (Å²) in [5.41, 5.74) is 0. The van der Waals surface area contributed by atoms with Gasteiger partial charge in [0, 0.05) is 12.4 Å². The lowest BCUT2D eigenvalue weighted by Crippen LogP contribution is -2.27. The number of halogens is 1. The van der Waals surface area contributed by atoms with E-state index in [-0.39, 0.29) is 5.75 Å². The van der Waals surface area contributed by atoms with Crippen LogP contribution in [0.15, 0.2) is 0 Å². The summed E-state index contributed by atoms with van der Waals surface area (Å²) in [6, 6.07) is 0. The van der Waals surface area contributed by atoms with Crippen LogP contribution >= 0.6 is 11.6 Å². The van der Waals surface area contributed by atoms with Gasteiger partial charge in [-0.05, 0) is 19.3 Å². The molecule has 0 rings (SSSR count). The fraction of sp³-hybridized carbons (Fsp3) is 1.00. The van der Waals surface area contributed by atoms with Crippen molar-refractivity contribution in [3.05, 3.63) is 0 Å². The first kappa shape index (κ1) is 13.2. The molecule has 0 aromatic heterocycles. The van der Waals surface area contributed by atoms with E-state index in [2.05, 4.69) is 4.72 Å². The highest BCUT2D eigenvalue weighted by Crippen LogP contribution is 1.96. The SMILES string of the molecule is CCCCNS(=O)(=O)CCCCCl. The Morgan fingerprint density at radius 3 is 2.46 bits per heavy atom. The van der Waals surface area contributed by atoms with Crippen LogP contribution in [0.3, 0.4) is 0 Å². The number of nitrogens with one attached hydrogen (secondary N) is 1. The molecule has 0 unspecified atom stereocenters. The van der Waals surface area contributed by atoms with Crippen molar-refractivity contribution in [1.29, 1.82) is 0 Å². The van der Waals surface area contributed by atoms with E-state index in [1.165, 1.54) is 0 Å². The van der Waals surface area contributed by atoms with E-state index in [9.17, 15) is 8.42 Å². The van der Waals surface area contributed by atoms with Gasteiger partial charge in [0.05, 0.1) is 5.75 Å². The fourth-order valence-electron chi connectivity index (χ4n) is 0.863. The van der Waals surface area contributed by atoms with Crippen LogP contribution in [0.5, 0.6) is 0 Å². The minimum Gasteiger partial charge on any atom is -0.215 e. The monoisotopic (exact) mass is 227 g/mol. The molecular weight excluding hydrogens is 210 g/mol. The summed E-state index contributed by atoms with van der Waals surface area (Å²) < 4.78 is 25.0. The second-order valence-electron chi connectivity index (χ2n) is 2.96. The molecule has 0 aliphatic heterocycles. The fourth-order valence-corrected chi connectivity index (χ4v) is 2.24. The first-order chi connectivity index (χ1) is 6.12. The quantitative estimate of drug-likeness (QED) is 0.507. The smallest absolute Gasteiger partial charge is 0.211 e. The van der Waals surface area contributed by atoms with E-state index in [1.807, 2.05) is 6.92 Å². The molecule has 0 saturated heterocycles. The molecule has 0 bridgehead atoms. The predicted octanol–water partition coefficient (Wildman–Crippen LogP) is 1.72. The molecule has 0 aliphatic rings. The first-order valence-electron chi connectivity index (χ1n) is 4.65. The Balaban J connectivity index is 3.55. The molecule has 0 amide bonds. The molecule has 0 heterocycles. The third-order valence-electron chi connectivity index (χ3n) is 1.65. The van der Waals surface area contributed by atoms with Crippen LogP contribution in [0.25, 0.3) is 0 Å². The largest absolute Gasteiger partial charge is 0.215 e. The lowest BCUT2D eigenvalue weighted by molar-refractivity contribution is 0.575. The van der Waals surface area contributed by atoms with Crippen LogP contribution in [0.1, 0.15) is 32.6 Å². The van der Waals surface area contributed by atoms with E-state index in [0.29, 0.717) is 18.8 Å². The van der Waals surface area contributed by atoms with Crippen LogP contribution in [-0.4, -0.2) is 26.6 Å². The van der Waals surface area contributed by atoms with Gasteiger partial charge in [0.1, 0.15) is 0 Å². The summed E-state index contributed by atoms with van der Waals surface area (Å²) in [6.45, 7) is 2.58. The van der Waals surface area contributed by atoms with Crippen molar-refractivity contribution >= 4 is 21.6 Å². The van der Waals surface area contributed by atoms with Crippen LogP contribution in [0.2, 0.25) is 0 Å². The van der Waals surface area contributed by atoms with Crippen molar-refractivity contribution in [2.24, 2.45) is 0 Å². The van der Waals surface area contributed by atoms with Gasteiger partial charge in [-0.15, -0.1) is 11.6 Å². The average Bonchev–Trinajstić information content (AvgIpc) is 2.05. The minimum atomic E-state index is -3.03. The number of sulfonamides is 1. The Kier molecular flexibility index (Phi) is 7.71. The molecule has 0 atom stereocenters. The molecule has 0 saturated carbocycles. The van der Waals surface area contributed by atoms with Crippen molar-refractivity contribution < 1.29 is 8.42 Å². The van der Waals surface area contributed by atoms with Crippen molar-refractivity contribution in [1.82, 2.24) is 4.72 Å². The van der Waals surface area contributed by atoms with Gasteiger partial charge in [0.15, 0.2) is 0 Å². The molecule has 0 spiro atoms. The van der Waals surface area contributed by atoms with Gasteiger partial charge < -0.3 is 0 Å². The second kappa shape index (κ2) is 7.59. The maximum atomic E-state index is 11.2. The zero-order valence-electron chi connectivity index (χ0n) is 8.05. The minimum absolute atomic E-state index is 0.198. The Hall–Kier alpha value is 0.200. The van der Waals surface area contributed by atoms with Gasteiger partial charge in [-0.3, -0.25) is 0 Å². The molecule has 13 heavy (non-hydrogen) atoms. The van der Waals surface area contributed by atoms with Crippen molar-refractivity contribution in [3.63, 3.8) is 0 Å². The predicted molar refractivity (Wildman–Crippen MR) is 56.7 cm³/mol. The van der Waals surface area contributed by atoms with Gasteiger partial charge in [0.25, 0.3) is 0 Å². The third-order valence-corrected chi connectivity index (χ3v) is 3.39. The summed E-state index contributed by atoms with van der Waals surface area (Å²) in [5, 5.41) is 0. The lowest BCUT2D eigenvalue weighted by atomic mass is 10.3. The highest BCUT2D eigenvalue weighted by Gasteiger charge is 2.07. The topological polar surface area (TPSA) is 46.2 Å². The maximum Gasteiger partial charge on any atom is 0.211 e. The molecule has 80 valence electrons. The Morgan fingerprint density at radius 2 is 1.92 bits per heavy atom. The molecular formula is C8H18ClNO2S. The molecule has 5 heteroatoms. The number of alkyl halides is 1. The van der Waals surface area contributed by atoms with E-state index >= 15 is 0 Å². The molecule has 0 fully saturated rings. The van der Waals surface area contributed by atoms with Crippen LogP contribution in [-0.2, 0) is 10.0 Å². The summed E-state index contributed by atoms with van der Waals surface area (Å²) in [6.07, 6.45) is 3.31. The number of unbranched alkanes of at least 4 members (excludes halogenated alkanes) is 2. The molecule has 0 radical (unpaired) electrons. The van der Waals surface area contributed by atoms with Crippen LogP contribution < -0.4 is 4.72 Å². The van der Waals surface area contributed by atoms with Gasteiger partial charge in [-0.2, -0.15) is 0 Å². The Morgan fingerprint density at radius 1 is 1.23 bits per heavy atom. The number of hydrogen-bond donors (Lipinski definition) is 1. The van der Waals surface area contributed by atoms with Crippen molar-refractivity contribution in [2.45, 2.75) is 32.6 Å². The van der Waals surface area contributed by atoms with E-state index in [0.717, 1.165) is 19.3 Å². The van der Waals surface area contributed by atoms with Gasteiger partial charge in [0.2, 0.25) is 10.0 Å². The average molecular weight is 228 g/mol. The van der Waals surface area contributed by atoms with Crippen LogP contribution in [0.4, 0.5) is 0 Å². The number of hydrogen-bond acceptors (Lipinski definition) is 2. The summed E-state index contributed by atoms with van der Waals surface area (Å²) in [5.74, 6) is 0.730. The summed E-state index contributed by atoms with van der Waals surface area (Å²) in [4.78, 5) is 0. The molecule has 3 nitrogen and oxygen atoms in total. The van der Waals surface area contributed by atoms with Gasteiger partial charge in [-0.1, -0.05) is 13.3 Å². The van der Waals surface area contributed by atoms with Crippen LogP contribution in [0, 0.1) is 0 Å². The summed E-state index contributed by atoms with van der Waals surface area (Å²) in [7, 11) is -3.03. The van der Waals surface area contributed by atoms with Crippen molar-refractivity contribution in [3.8, 4) is 0 Å². The zero-order chi connectivity index (χ0) is 10.2. The van der Waals surface area contributed by atoms with Crippen molar-refractivity contribution in [2.75, 3.05) is 18.2 Å². The lowest BCUT2D eigenvalue weighted by Gasteiger charge is -2.04. The third kappa shape index (κ3) is 8.53. The zero-order valence-corrected chi connectivity index (χ0v) is 9.62. The standard InChI is InChI=1S/C8H18ClNO2S/c1-2-3-7-10-13(11,12)8-5-4-6-9/h10H,2-8H2,1H3. The first-order valence-corrected chi connectivity index (χ1v) is 6.84. The Bertz CT molecular complexity index is 188. The van der Waals surface area contributed by atoms with Gasteiger partial charge >= 0.3 is 0 Å². The Labute approximate surface area is 85.9 Å². The highest BCUT2D eigenvalue weighted by atomic mass is 35.5. The van der Waals surface area contributed by atoms with E-state index in [1.54, 1.807) is 0 Å². The molecule has 0 aromatic rings. The van der Waals surface area contributed by atoms with E-state index in [4.69, 9.17) is 11.6 Å². The number of rotatable bonds is 8. The highest BCUT2D eigenvalue weighted by molar-refractivity contribution is 7.89. The molecule has 0 aliphatic carbocycles. The second-order valence-corrected chi connectivity index (χ2v) is 5.27. The molecule has 0 aromatic carbocycles. The maximum absolute atomic E-state index is 11.2.